The Morgan fingerprint density at radius 3 is 3.17 bits per heavy atom. The number of nitrogens with zero attached hydrogens (tertiary/aromatic N) is 2. The number of aromatic nitrogens is 1. The van der Waals surface area contributed by atoms with Gasteiger partial charge in [0.15, 0.2) is 0 Å². The lowest BCUT2D eigenvalue weighted by molar-refractivity contribution is 0.994. The highest BCUT2D eigenvalue weighted by molar-refractivity contribution is 5.25. The second kappa shape index (κ2) is 4.30. The van der Waals surface area contributed by atoms with Crippen LogP contribution in [0, 0.1) is 11.3 Å². The summed E-state index contributed by atoms with van der Waals surface area (Å²) in [5.74, 6) is 0. The number of hydrogen-bond acceptors (Lipinski definition) is 2. The number of nitriles is 1. The maximum Gasteiger partial charge on any atom is 0.140 e. The van der Waals surface area contributed by atoms with Crippen molar-refractivity contribution in [2.45, 2.75) is 12.8 Å². The van der Waals surface area contributed by atoms with E-state index in [1.165, 1.54) is 0 Å². The molecule has 2 nitrogen and oxygen atoms in total. The molecule has 1 rings (SSSR count). The van der Waals surface area contributed by atoms with Gasteiger partial charge >= 0.3 is 0 Å². The predicted octanol–water partition coefficient (Wildman–Crippen LogP) is 2.07. The molecule has 0 aliphatic carbocycles. The minimum atomic E-state index is 0.483. The third-order valence-corrected chi connectivity index (χ3v) is 1.58. The minimum absolute atomic E-state index is 0.483. The summed E-state index contributed by atoms with van der Waals surface area (Å²) in [6.45, 7) is 3.64. The summed E-state index contributed by atoms with van der Waals surface area (Å²) in [5, 5.41) is 8.55. The van der Waals surface area contributed by atoms with Crippen molar-refractivity contribution in [3.63, 3.8) is 0 Å². The largest absolute Gasteiger partial charge is 0.246 e. The number of hydrogen-bond donors (Lipinski definition) is 0. The van der Waals surface area contributed by atoms with Gasteiger partial charge in [0, 0.05) is 6.20 Å². The third kappa shape index (κ3) is 2.21. The Hall–Kier alpha value is -1.62. The Morgan fingerprint density at radius 1 is 1.67 bits per heavy atom. The second-order valence-electron chi connectivity index (χ2n) is 2.49. The van der Waals surface area contributed by atoms with Crippen molar-refractivity contribution in [2.75, 3.05) is 0 Å². The van der Waals surface area contributed by atoms with Crippen LogP contribution in [0.2, 0.25) is 0 Å². The molecule has 1 aromatic heterocycles. The Labute approximate surface area is 72.2 Å². The smallest absolute Gasteiger partial charge is 0.140 e. The monoisotopic (exact) mass is 158 g/mol. The van der Waals surface area contributed by atoms with Gasteiger partial charge in [-0.25, -0.2) is 4.98 Å². The van der Waals surface area contributed by atoms with E-state index in [2.05, 4.69) is 11.6 Å². The fourth-order valence-electron chi connectivity index (χ4n) is 0.960. The highest BCUT2D eigenvalue weighted by Gasteiger charge is 1.94. The van der Waals surface area contributed by atoms with Gasteiger partial charge in [0.1, 0.15) is 11.8 Å². The second-order valence-corrected chi connectivity index (χ2v) is 2.49. The molecule has 0 saturated carbocycles. The maximum absolute atomic E-state index is 8.55. The molecule has 0 N–H and O–H groups in total. The van der Waals surface area contributed by atoms with Crippen LogP contribution in [0.25, 0.3) is 0 Å². The fraction of sp³-hybridized carbons (Fsp3) is 0.200. The number of aryl methyl sites for hydroxylation is 1. The highest BCUT2D eigenvalue weighted by Crippen LogP contribution is 2.03. The minimum Gasteiger partial charge on any atom is -0.246 e. The van der Waals surface area contributed by atoms with Crippen molar-refractivity contribution in [1.82, 2.24) is 4.98 Å². The van der Waals surface area contributed by atoms with Crippen LogP contribution in [0.5, 0.6) is 0 Å². The van der Waals surface area contributed by atoms with Gasteiger partial charge in [-0.05, 0) is 30.5 Å². The first-order valence-corrected chi connectivity index (χ1v) is 3.82. The van der Waals surface area contributed by atoms with Gasteiger partial charge in [-0.15, -0.1) is 6.58 Å². The van der Waals surface area contributed by atoms with E-state index < -0.39 is 0 Å². The van der Waals surface area contributed by atoms with Crippen molar-refractivity contribution >= 4 is 0 Å². The summed E-state index contributed by atoms with van der Waals surface area (Å²) in [6.07, 6.45) is 5.40. The standard InChI is InChI=1S/C10H10N2/c1-2-3-4-9-5-6-12-10(7-9)8-11/h2,5-7H,1,3-4H2. The molecular weight excluding hydrogens is 148 g/mol. The van der Waals surface area contributed by atoms with Gasteiger partial charge in [0.25, 0.3) is 0 Å². The van der Waals surface area contributed by atoms with Crippen LogP contribution < -0.4 is 0 Å². The van der Waals surface area contributed by atoms with Crippen molar-refractivity contribution in [3.8, 4) is 6.07 Å². The molecule has 0 amide bonds. The van der Waals surface area contributed by atoms with Crippen LogP contribution in [-0.4, -0.2) is 4.98 Å². The van der Waals surface area contributed by atoms with Gasteiger partial charge in [0.2, 0.25) is 0 Å². The molecule has 1 aromatic rings. The first kappa shape index (κ1) is 8.48. The van der Waals surface area contributed by atoms with E-state index in [0.29, 0.717) is 5.69 Å². The van der Waals surface area contributed by atoms with Gasteiger partial charge in [-0.3, -0.25) is 0 Å². The van der Waals surface area contributed by atoms with Crippen molar-refractivity contribution in [3.05, 3.63) is 42.2 Å². The lowest BCUT2D eigenvalue weighted by atomic mass is 10.1. The lowest BCUT2D eigenvalue weighted by Gasteiger charge is -1.96. The molecule has 0 atom stereocenters. The molecule has 60 valence electrons. The molecule has 2 heteroatoms. The SMILES string of the molecule is C=CCCc1ccnc(C#N)c1. The van der Waals surface area contributed by atoms with Crippen molar-refractivity contribution in [2.24, 2.45) is 0 Å². The Kier molecular flexibility index (Phi) is 3.04. The number of rotatable bonds is 3. The van der Waals surface area contributed by atoms with Gasteiger partial charge < -0.3 is 0 Å². The van der Waals surface area contributed by atoms with Crippen molar-refractivity contribution in [1.29, 1.82) is 5.26 Å². The molecule has 0 aliphatic heterocycles. The molecule has 0 aromatic carbocycles. The van der Waals surface area contributed by atoms with Gasteiger partial charge in [-0.2, -0.15) is 5.26 Å². The zero-order valence-electron chi connectivity index (χ0n) is 6.83. The molecule has 0 radical (unpaired) electrons. The number of pyridine rings is 1. The Balaban J connectivity index is 2.74. The average molecular weight is 158 g/mol. The normalized spacial score (nSPS) is 8.92. The topological polar surface area (TPSA) is 36.7 Å². The summed E-state index contributed by atoms with van der Waals surface area (Å²) < 4.78 is 0. The van der Waals surface area contributed by atoms with Crippen LogP contribution in [0.15, 0.2) is 31.0 Å². The fourth-order valence-corrected chi connectivity index (χ4v) is 0.960. The summed E-state index contributed by atoms with van der Waals surface area (Å²) in [4.78, 5) is 3.88. The summed E-state index contributed by atoms with van der Waals surface area (Å²) in [6, 6.07) is 5.74. The zero-order chi connectivity index (χ0) is 8.81. The summed E-state index contributed by atoms with van der Waals surface area (Å²) >= 11 is 0. The van der Waals surface area contributed by atoms with Crippen LogP contribution in [0.1, 0.15) is 17.7 Å². The highest BCUT2D eigenvalue weighted by atomic mass is 14.7. The summed E-state index contributed by atoms with van der Waals surface area (Å²) in [5.41, 5.74) is 1.62. The molecule has 0 spiro atoms. The summed E-state index contributed by atoms with van der Waals surface area (Å²) in [7, 11) is 0. The molecule has 1 heterocycles. The molecular formula is C10H10N2. The first-order chi connectivity index (χ1) is 5.86. The van der Waals surface area contributed by atoms with Gasteiger partial charge in [-0.1, -0.05) is 6.08 Å². The molecule has 0 fully saturated rings. The number of allylic oxidation sites excluding steroid dienone is 1. The van der Waals surface area contributed by atoms with E-state index >= 15 is 0 Å². The van der Waals surface area contributed by atoms with Gasteiger partial charge in [0.05, 0.1) is 0 Å². The molecule has 12 heavy (non-hydrogen) atoms. The van der Waals surface area contributed by atoms with E-state index in [0.717, 1.165) is 18.4 Å². The van der Waals surface area contributed by atoms with Crippen LogP contribution >= 0.6 is 0 Å². The van der Waals surface area contributed by atoms with E-state index in [4.69, 9.17) is 5.26 Å². The maximum atomic E-state index is 8.55. The lowest BCUT2D eigenvalue weighted by Crippen LogP contribution is -1.87. The first-order valence-electron chi connectivity index (χ1n) is 3.82. The molecule has 0 aliphatic rings. The van der Waals surface area contributed by atoms with E-state index in [-0.39, 0.29) is 0 Å². The Morgan fingerprint density at radius 2 is 2.50 bits per heavy atom. The van der Waals surface area contributed by atoms with E-state index in [1.807, 2.05) is 24.3 Å². The van der Waals surface area contributed by atoms with E-state index in [9.17, 15) is 0 Å². The molecule has 0 bridgehead atoms. The van der Waals surface area contributed by atoms with Crippen LogP contribution in [0.3, 0.4) is 0 Å². The van der Waals surface area contributed by atoms with Crippen LogP contribution in [-0.2, 0) is 6.42 Å². The average Bonchev–Trinajstić information content (AvgIpc) is 2.15. The molecule has 0 saturated heterocycles. The zero-order valence-corrected chi connectivity index (χ0v) is 6.83. The van der Waals surface area contributed by atoms with Crippen LogP contribution in [0.4, 0.5) is 0 Å². The Bertz CT molecular complexity index is 310. The quantitative estimate of drug-likeness (QED) is 0.631. The van der Waals surface area contributed by atoms with E-state index in [1.54, 1.807) is 6.20 Å². The van der Waals surface area contributed by atoms with Crippen molar-refractivity contribution < 1.29 is 0 Å². The predicted molar refractivity (Wildman–Crippen MR) is 47.5 cm³/mol. The molecule has 0 unspecified atom stereocenters. The third-order valence-electron chi connectivity index (χ3n) is 1.58.